The minimum Gasteiger partial charge on any atom is -0.465 e. The maximum atomic E-state index is 11.5. The van der Waals surface area contributed by atoms with Gasteiger partial charge >= 0.3 is 5.97 Å². The van der Waals surface area contributed by atoms with Crippen LogP contribution in [0.15, 0.2) is 36.8 Å². The molecule has 86 valence electrons. The molecule has 0 unspecified atom stereocenters. The number of hydrogen-bond donors (Lipinski definition) is 0. The van der Waals surface area contributed by atoms with Crippen molar-refractivity contribution in [3.8, 4) is 11.1 Å². The van der Waals surface area contributed by atoms with Crippen LogP contribution >= 0.6 is 11.6 Å². The van der Waals surface area contributed by atoms with Crippen LogP contribution in [0.4, 0.5) is 0 Å². The molecule has 0 N–H and O–H groups in total. The Morgan fingerprint density at radius 3 is 2.82 bits per heavy atom. The lowest BCUT2D eigenvalue weighted by molar-refractivity contribution is 0.0600. The number of rotatable bonds is 2. The molecule has 0 aliphatic heterocycles. The van der Waals surface area contributed by atoms with Gasteiger partial charge in [0.1, 0.15) is 5.15 Å². The summed E-state index contributed by atoms with van der Waals surface area (Å²) in [7, 11) is 1.30. The Hall–Kier alpha value is -1.94. The number of carbonyl (C=O) groups excluding carboxylic acids is 1. The SMILES string of the molecule is COC(=O)c1cc(-c2cccnc2)cnc1Cl. The van der Waals surface area contributed by atoms with E-state index in [0.717, 1.165) is 11.1 Å². The summed E-state index contributed by atoms with van der Waals surface area (Å²) in [6.07, 6.45) is 4.95. The first kappa shape index (κ1) is 11.5. The van der Waals surface area contributed by atoms with Crippen LogP contribution in [0.2, 0.25) is 5.15 Å². The Bertz CT molecular complexity index is 543. The van der Waals surface area contributed by atoms with Gasteiger partial charge in [-0.25, -0.2) is 9.78 Å². The predicted molar refractivity (Wildman–Crippen MR) is 63.8 cm³/mol. The molecule has 0 fully saturated rings. The van der Waals surface area contributed by atoms with Crippen LogP contribution in [0.3, 0.4) is 0 Å². The van der Waals surface area contributed by atoms with E-state index < -0.39 is 5.97 Å². The lowest BCUT2D eigenvalue weighted by Gasteiger charge is -2.05. The number of carbonyl (C=O) groups is 1. The summed E-state index contributed by atoms with van der Waals surface area (Å²) in [5.41, 5.74) is 1.88. The van der Waals surface area contributed by atoms with Crippen LogP contribution in [0.5, 0.6) is 0 Å². The molecule has 0 radical (unpaired) electrons. The number of esters is 1. The summed E-state index contributed by atoms with van der Waals surface area (Å²) < 4.78 is 4.63. The normalized spacial score (nSPS) is 10.0. The lowest BCUT2D eigenvalue weighted by atomic mass is 10.1. The largest absolute Gasteiger partial charge is 0.465 e. The van der Waals surface area contributed by atoms with Crippen molar-refractivity contribution in [2.45, 2.75) is 0 Å². The molecule has 0 aliphatic carbocycles. The number of nitrogens with zero attached hydrogens (tertiary/aromatic N) is 2. The van der Waals surface area contributed by atoms with Crippen LogP contribution in [0.1, 0.15) is 10.4 Å². The Morgan fingerprint density at radius 1 is 1.35 bits per heavy atom. The van der Waals surface area contributed by atoms with Crippen molar-refractivity contribution in [3.05, 3.63) is 47.5 Å². The fraction of sp³-hybridized carbons (Fsp3) is 0.0833. The van der Waals surface area contributed by atoms with E-state index in [-0.39, 0.29) is 10.7 Å². The van der Waals surface area contributed by atoms with Gasteiger partial charge in [-0.2, -0.15) is 0 Å². The second-order valence-corrected chi connectivity index (χ2v) is 3.65. The van der Waals surface area contributed by atoms with E-state index >= 15 is 0 Å². The van der Waals surface area contributed by atoms with Crippen LogP contribution in [-0.4, -0.2) is 23.0 Å². The minimum atomic E-state index is -0.506. The average molecular weight is 249 g/mol. The molecule has 17 heavy (non-hydrogen) atoms. The number of pyridine rings is 2. The van der Waals surface area contributed by atoms with Crippen LogP contribution in [0.25, 0.3) is 11.1 Å². The Balaban J connectivity index is 2.48. The van der Waals surface area contributed by atoms with E-state index in [1.165, 1.54) is 7.11 Å². The van der Waals surface area contributed by atoms with Crippen molar-refractivity contribution in [3.63, 3.8) is 0 Å². The van der Waals surface area contributed by atoms with E-state index in [4.69, 9.17) is 11.6 Å². The molecular weight excluding hydrogens is 240 g/mol. The number of hydrogen-bond acceptors (Lipinski definition) is 4. The highest BCUT2D eigenvalue weighted by Crippen LogP contribution is 2.22. The summed E-state index contributed by atoms with van der Waals surface area (Å²) in [5.74, 6) is -0.506. The van der Waals surface area contributed by atoms with Crippen molar-refractivity contribution in [2.75, 3.05) is 7.11 Å². The minimum absolute atomic E-state index is 0.129. The highest BCUT2D eigenvalue weighted by Gasteiger charge is 2.13. The average Bonchev–Trinajstić information content (AvgIpc) is 2.39. The zero-order chi connectivity index (χ0) is 12.3. The number of ether oxygens (including phenoxy) is 1. The molecule has 2 aromatic rings. The monoisotopic (exact) mass is 248 g/mol. The van der Waals surface area contributed by atoms with Gasteiger partial charge in [0, 0.05) is 29.7 Å². The van der Waals surface area contributed by atoms with Crippen molar-refractivity contribution in [1.82, 2.24) is 9.97 Å². The molecule has 0 saturated heterocycles. The number of halogens is 1. The van der Waals surface area contributed by atoms with E-state index in [9.17, 15) is 4.79 Å². The second-order valence-electron chi connectivity index (χ2n) is 3.30. The molecule has 0 aromatic carbocycles. The predicted octanol–water partition coefficient (Wildman–Crippen LogP) is 2.58. The van der Waals surface area contributed by atoms with Gasteiger partial charge in [0.2, 0.25) is 0 Å². The van der Waals surface area contributed by atoms with E-state index in [2.05, 4.69) is 14.7 Å². The molecule has 2 aromatic heterocycles. The summed E-state index contributed by atoms with van der Waals surface area (Å²) in [6, 6.07) is 5.32. The Labute approximate surface area is 103 Å². The van der Waals surface area contributed by atoms with Gasteiger partial charge in [-0.15, -0.1) is 0 Å². The van der Waals surface area contributed by atoms with E-state index in [1.54, 1.807) is 24.7 Å². The van der Waals surface area contributed by atoms with Crippen molar-refractivity contribution < 1.29 is 9.53 Å². The number of methoxy groups -OCH3 is 1. The van der Waals surface area contributed by atoms with Crippen LogP contribution in [-0.2, 0) is 4.74 Å². The fourth-order valence-electron chi connectivity index (χ4n) is 1.39. The van der Waals surface area contributed by atoms with E-state index in [0.29, 0.717) is 0 Å². The summed E-state index contributed by atoms with van der Waals surface area (Å²) in [5, 5.41) is 0.129. The zero-order valence-electron chi connectivity index (χ0n) is 9.05. The van der Waals surface area contributed by atoms with Gasteiger partial charge in [0.15, 0.2) is 0 Å². The second kappa shape index (κ2) is 4.93. The summed E-state index contributed by atoms with van der Waals surface area (Å²) in [4.78, 5) is 19.4. The molecule has 0 amide bonds. The Kier molecular flexibility index (Phi) is 3.35. The first-order valence-corrected chi connectivity index (χ1v) is 5.24. The van der Waals surface area contributed by atoms with Crippen LogP contribution < -0.4 is 0 Å². The molecule has 4 nitrogen and oxygen atoms in total. The van der Waals surface area contributed by atoms with Crippen molar-refractivity contribution >= 4 is 17.6 Å². The van der Waals surface area contributed by atoms with E-state index in [1.807, 2.05) is 12.1 Å². The molecule has 0 spiro atoms. The molecule has 2 heterocycles. The van der Waals surface area contributed by atoms with Crippen LogP contribution in [0, 0.1) is 0 Å². The zero-order valence-corrected chi connectivity index (χ0v) is 9.81. The van der Waals surface area contributed by atoms with Gasteiger partial charge in [-0.3, -0.25) is 4.98 Å². The standard InChI is InChI=1S/C12H9ClN2O2/c1-17-12(16)10-5-9(7-15-11(10)13)8-3-2-4-14-6-8/h2-7H,1H3. The summed E-state index contributed by atoms with van der Waals surface area (Å²) in [6.45, 7) is 0. The maximum absolute atomic E-state index is 11.5. The van der Waals surface area contributed by atoms with Gasteiger partial charge < -0.3 is 4.74 Å². The topological polar surface area (TPSA) is 52.1 Å². The third kappa shape index (κ3) is 2.42. The molecule has 0 aliphatic rings. The van der Waals surface area contributed by atoms with Gasteiger partial charge in [0.25, 0.3) is 0 Å². The molecule has 0 bridgehead atoms. The van der Waals surface area contributed by atoms with Crippen molar-refractivity contribution in [2.24, 2.45) is 0 Å². The maximum Gasteiger partial charge on any atom is 0.341 e. The summed E-state index contributed by atoms with van der Waals surface area (Å²) >= 11 is 5.83. The quantitative estimate of drug-likeness (QED) is 0.606. The highest BCUT2D eigenvalue weighted by atomic mass is 35.5. The fourth-order valence-corrected chi connectivity index (χ4v) is 1.57. The van der Waals surface area contributed by atoms with Gasteiger partial charge in [0.05, 0.1) is 12.7 Å². The van der Waals surface area contributed by atoms with Gasteiger partial charge in [-0.05, 0) is 12.1 Å². The highest BCUT2D eigenvalue weighted by molar-refractivity contribution is 6.32. The molecule has 0 saturated carbocycles. The first-order valence-electron chi connectivity index (χ1n) is 4.86. The molecular formula is C12H9ClN2O2. The smallest absolute Gasteiger partial charge is 0.341 e. The Morgan fingerprint density at radius 2 is 2.18 bits per heavy atom. The molecule has 0 atom stereocenters. The molecule has 5 heteroatoms. The number of aromatic nitrogens is 2. The lowest BCUT2D eigenvalue weighted by Crippen LogP contribution is -2.03. The molecule has 2 rings (SSSR count). The first-order chi connectivity index (χ1) is 8.22. The third-order valence-corrected chi connectivity index (χ3v) is 2.54. The van der Waals surface area contributed by atoms with Crippen molar-refractivity contribution in [1.29, 1.82) is 0 Å². The third-order valence-electron chi connectivity index (χ3n) is 2.24. The van der Waals surface area contributed by atoms with Gasteiger partial charge in [-0.1, -0.05) is 17.7 Å².